The Balaban J connectivity index is 1.23. The molecule has 0 radical (unpaired) electrons. The maximum atomic E-state index is 15.6. The third-order valence-corrected chi connectivity index (χ3v) is 11.6. The topological polar surface area (TPSA) is 149 Å². The van der Waals surface area contributed by atoms with Crippen molar-refractivity contribution in [2.75, 3.05) is 58.0 Å². The number of sulfonamides is 1. The minimum absolute atomic E-state index is 0.0612. The van der Waals surface area contributed by atoms with Crippen LogP contribution in [0.2, 0.25) is 0 Å². The standard InChI is InChI=1S/C35H35F8N7O6S/c1-47-33(8-3-9-33)30(51)27(31(52)46-23-6-5-21(34(38,39)40)16-22(23)24-17-26(35(41,42)43)45-19-44-24)32(53)50(47)18-20-4-7-25(29(37)28(20)36)56-15-14-48-10-12-49(13-11-48)57(2,54)55/h4-7,16-17,19,51H,3,8-15,18H2,1-2H3,(H,46,52). The summed E-state index contributed by atoms with van der Waals surface area (Å²) in [6.45, 7) is 0.927. The first-order chi connectivity index (χ1) is 26.6. The highest BCUT2D eigenvalue weighted by atomic mass is 32.2. The van der Waals surface area contributed by atoms with Gasteiger partial charge >= 0.3 is 12.4 Å². The van der Waals surface area contributed by atoms with Crippen LogP contribution in [0.25, 0.3) is 11.3 Å². The number of piperazine rings is 1. The molecule has 13 nitrogen and oxygen atoms in total. The monoisotopic (exact) mass is 833 g/mol. The molecule has 0 atom stereocenters. The molecule has 2 aliphatic heterocycles. The van der Waals surface area contributed by atoms with Crippen molar-refractivity contribution in [3.8, 4) is 17.0 Å². The van der Waals surface area contributed by atoms with Gasteiger partial charge < -0.3 is 15.2 Å². The number of benzene rings is 2. The molecule has 2 amide bonds. The molecule has 3 heterocycles. The molecular formula is C35H35F8N7O6S. The van der Waals surface area contributed by atoms with Crippen molar-refractivity contribution >= 4 is 27.5 Å². The zero-order valence-corrected chi connectivity index (χ0v) is 31.0. The Kier molecular flexibility index (Phi) is 11.3. The van der Waals surface area contributed by atoms with Crippen molar-refractivity contribution in [2.24, 2.45) is 0 Å². The van der Waals surface area contributed by atoms with Crippen molar-refractivity contribution in [3.63, 3.8) is 0 Å². The first-order valence-corrected chi connectivity index (χ1v) is 19.2. The fourth-order valence-electron chi connectivity index (χ4n) is 6.86. The summed E-state index contributed by atoms with van der Waals surface area (Å²) >= 11 is 0. The molecule has 1 aliphatic carbocycles. The Morgan fingerprint density at radius 2 is 1.65 bits per heavy atom. The number of nitrogens with one attached hydrogen (secondary N) is 1. The van der Waals surface area contributed by atoms with Crippen LogP contribution in [-0.2, 0) is 38.5 Å². The summed E-state index contributed by atoms with van der Waals surface area (Å²) in [6, 6.07) is 4.43. The predicted molar refractivity (Wildman–Crippen MR) is 185 cm³/mol. The Bertz CT molecular complexity index is 2210. The number of hydrogen-bond donors (Lipinski definition) is 2. The number of amides is 2. The van der Waals surface area contributed by atoms with Crippen molar-refractivity contribution in [1.29, 1.82) is 0 Å². The fraction of sp³-hybridized carbons (Fsp3) is 0.429. The van der Waals surface area contributed by atoms with Gasteiger partial charge in [0.05, 0.1) is 35.3 Å². The summed E-state index contributed by atoms with van der Waals surface area (Å²) in [6.07, 6.45) is -7.45. The zero-order chi connectivity index (χ0) is 41.7. The number of aromatic nitrogens is 2. The number of hydrogen-bond acceptors (Lipinski definition) is 10. The van der Waals surface area contributed by atoms with Crippen LogP contribution >= 0.6 is 0 Å². The van der Waals surface area contributed by atoms with E-state index in [0.29, 0.717) is 44.0 Å². The Morgan fingerprint density at radius 3 is 2.25 bits per heavy atom. The number of carbonyl (C=O) groups is 2. The Morgan fingerprint density at radius 1 is 0.965 bits per heavy atom. The molecule has 2 N–H and O–H groups in total. The molecule has 57 heavy (non-hydrogen) atoms. The minimum Gasteiger partial charge on any atom is -0.509 e. The molecule has 2 aromatic carbocycles. The summed E-state index contributed by atoms with van der Waals surface area (Å²) in [5.74, 6) is -6.42. The van der Waals surface area contributed by atoms with Gasteiger partial charge in [-0.1, -0.05) is 6.07 Å². The minimum atomic E-state index is -5.00. The van der Waals surface area contributed by atoms with E-state index in [1.54, 1.807) is 0 Å². The summed E-state index contributed by atoms with van der Waals surface area (Å²) < 4.78 is 143. The molecular weight excluding hydrogens is 798 g/mol. The maximum Gasteiger partial charge on any atom is 0.433 e. The van der Waals surface area contributed by atoms with E-state index < -0.39 is 103 Å². The molecule has 3 aliphatic rings. The van der Waals surface area contributed by atoms with Gasteiger partial charge in [-0.3, -0.25) is 19.5 Å². The number of halogens is 8. The van der Waals surface area contributed by atoms with Crippen LogP contribution in [-0.4, -0.2) is 113 Å². The van der Waals surface area contributed by atoms with Gasteiger partial charge in [-0.25, -0.2) is 27.8 Å². The second-order valence-electron chi connectivity index (χ2n) is 13.7. The zero-order valence-electron chi connectivity index (χ0n) is 30.2. The van der Waals surface area contributed by atoms with E-state index in [2.05, 4.69) is 15.3 Å². The highest BCUT2D eigenvalue weighted by Crippen LogP contribution is 2.47. The van der Waals surface area contributed by atoms with Gasteiger partial charge in [0.25, 0.3) is 11.8 Å². The third-order valence-electron chi connectivity index (χ3n) is 10.3. The molecule has 2 fully saturated rings. The molecule has 1 saturated carbocycles. The van der Waals surface area contributed by atoms with Gasteiger partial charge in [-0.05, 0) is 49.6 Å². The summed E-state index contributed by atoms with van der Waals surface area (Å²) in [4.78, 5) is 36.5. The Labute approximate surface area is 320 Å². The second-order valence-corrected chi connectivity index (χ2v) is 15.7. The molecule has 1 saturated heterocycles. The lowest BCUT2D eigenvalue weighted by molar-refractivity contribution is -0.172. The van der Waals surface area contributed by atoms with Crippen molar-refractivity contribution < 1.29 is 63.0 Å². The van der Waals surface area contributed by atoms with Crippen LogP contribution in [0.4, 0.5) is 40.8 Å². The van der Waals surface area contributed by atoms with Crippen LogP contribution in [0.1, 0.15) is 36.1 Å². The SMILES string of the molecule is CN1N(Cc2ccc(OCCN3CCN(S(C)(=O)=O)CC3)c(F)c2F)C(=O)C(C(=O)Nc2ccc(C(F)(F)F)cc2-c2cc(C(F)(F)F)ncn2)=C(O)C12CCC2. The lowest BCUT2D eigenvalue weighted by atomic mass is 9.72. The fourth-order valence-corrected chi connectivity index (χ4v) is 7.69. The van der Waals surface area contributed by atoms with Crippen molar-refractivity contribution in [1.82, 2.24) is 29.2 Å². The van der Waals surface area contributed by atoms with Gasteiger partial charge in [0.1, 0.15) is 30.0 Å². The van der Waals surface area contributed by atoms with E-state index in [1.165, 1.54) is 16.4 Å². The van der Waals surface area contributed by atoms with Crippen LogP contribution in [0.5, 0.6) is 5.75 Å². The summed E-state index contributed by atoms with van der Waals surface area (Å²) in [7, 11) is -1.94. The van der Waals surface area contributed by atoms with Gasteiger partial charge in [0.2, 0.25) is 15.8 Å². The predicted octanol–water partition coefficient (Wildman–Crippen LogP) is 4.98. The highest BCUT2D eigenvalue weighted by molar-refractivity contribution is 7.88. The lowest BCUT2D eigenvalue weighted by Gasteiger charge is -2.54. The lowest BCUT2D eigenvalue weighted by Crippen LogP contribution is -2.65. The number of hydrazine groups is 1. The smallest absolute Gasteiger partial charge is 0.433 e. The van der Waals surface area contributed by atoms with E-state index in [4.69, 9.17) is 4.74 Å². The van der Waals surface area contributed by atoms with Crippen LogP contribution < -0.4 is 10.1 Å². The van der Waals surface area contributed by atoms with Gasteiger partial charge in [0, 0.05) is 50.9 Å². The molecule has 3 aromatic rings. The number of ether oxygens (including phenoxy) is 1. The first kappa shape index (κ1) is 41.7. The summed E-state index contributed by atoms with van der Waals surface area (Å²) in [5.41, 5.74) is -7.13. The Hall–Kier alpha value is -4.93. The number of anilines is 1. The summed E-state index contributed by atoms with van der Waals surface area (Å²) in [5, 5.41) is 15.8. The van der Waals surface area contributed by atoms with E-state index in [9.17, 15) is 49.5 Å². The van der Waals surface area contributed by atoms with E-state index in [0.717, 1.165) is 29.5 Å². The molecule has 22 heteroatoms. The molecule has 1 spiro atoms. The average molecular weight is 834 g/mol. The molecule has 0 unspecified atom stereocenters. The molecule has 1 aromatic heterocycles. The number of nitrogens with zero attached hydrogens (tertiary/aromatic N) is 6. The highest BCUT2D eigenvalue weighted by Gasteiger charge is 2.55. The second kappa shape index (κ2) is 15.4. The van der Waals surface area contributed by atoms with E-state index in [-0.39, 0.29) is 44.6 Å². The third kappa shape index (κ3) is 8.39. The maximum absolute atomic E-state index is 15.6. The molecule has 0 bridgehead atoms. The van der Waals surface area contributed by atoms with Gasteiger partial charge in [0.15, 0.2) is 11.6 Å². The van der Waals surface area contributed by atoms with Gasteiger partial charge in [-0.15, -0.1) is 0 Å². The average Bonchev–Trinajstić information content (AvgIpc) is 3.11. The first-order valence-electron chi connectivity index (χ1n) is 17.3. The quantitative estimate of drug-likeness (QED) is 0.212. The molecule has 6 rings (SSSR count). The van der Waals surface area contributed by atoms with Crippen LogP contribution in [0.15, 0.2) is 54.1 Å². The number of aliphatic hydroxyl groups is 1. The largest absolute Gasteiger partial charge is 0.509 e. The van der Waals surface area contributed by atoms with Crippen molar-refractivity contribution in [3.05, 3.63) is 82.5 Å². The number of likely N-dealkylation sites (N-methyl/N-ethyl adjacent to an activating group) is 1. The van der Waals surface area contributed by atoms with Crippen molar-refractivity contribution in [2.45, 2.75) is 43.7 Å². The normalized spacial score (nSPS) is 18.6. The number of carbonyl (C=O) groups excluding carboxylic acids is 2. The van der Waals surface area contributed by atoms with Crippen LogP contribution in [0, 0.1) is 11.6 Å². The van der Waals surface area contributed by atoms with Gasteiger partial charge in [-0.2, -0.15) is 35.0 Å². The van der Waals surface area contributed by atoms with Crippen LogP contribution in [0.3, 0.4) is 0 Å². The molecule has 308 valence electrons. The number of alkyl halides is 6. The van der Waals surface area contributed by atoms with E-state index in [1.807, 2.05) is 4.90 Å². The number of aliphatic hydroxyl groups excluding tert-OH is 1. The number of rotatable bonds is 10. The van der Waals surface area contributed by atoms with E-state index >= 15 is 8.78 Å².